The van der Waals surface area contributed by atoms with Gasteiger partial charge in [0.15, 0.2) is 9.84 Å². The van der Waals surface area contributed by atoms with Crippen LogP contribution in [0.4, 0.5) is 5.69 Å². The molecule has 0 saturated heterocycles. The number of amides is 1. The maximum Gasteiger partial charge on any atom is 0.255 e. The zero-order chi connectivity index (χ0) is 20.4. The molecule has 6 nitrogen and oxygen atoms in total. The molecule has 0 saturated carbocycles. The Balaban J connectivity index is 2.07. The summed E-state index contributed by atoms with van der Waals surface area (Å²) in [4.78, 5) is 14.1. The number of halogens is 2. The highest BCUT2D eigenvalue weighted by molar-refractivity contribution is 7.90. The molecule has 0 aliphatic rings. The third kappa shape index (κ3) is 5.51. The first-order valence-electron chi connectivity index (χ1n) is 7.96. The minimum atomic E-state index is -3.39. The molecule has 2 aromatic carbocycles. The Bertz CT molecular complexity index is 964. The summed E-state index contributed by atoms with van der Waals surface area (Å²) in [7, 11) is -1.78. The van der Waals surface area contributed by atoms with Gasteiger partial charge in [-0.2, -0.15) is 0 Å². The van der Waals surface area contributed by atoms with Crippen molar-refractivity contribution in [3.63, 3.8) is 0 Å². The van der Waals surface area contributed by atoms with Crippen LogP contribution in [-0.2, 0) is 9.84 Å². The number of ether oxygens (including phenoxy) is 1. The fourth-order valence-electron chi connectivity index (χ4n) is 2.46. The molecule has 27 heavy (non-hydrogen) atoms. The third-order valence-corrected chi connectivity index (χ3v) is 5.64. The van der Waals surface area contributed by atoms with Crippen molar-refractivity contribution in [2.45, 2.75) is 17.9 Å². The van der Waals surface area contributed by atoms with Gasteiger partial charge >= 0.3 is 0 Å². The van der Waals surface area contributed by atoms with E-state index in [1.54, 1.807) is 25.2 Å². The highest BCUT2D eigenvalue weighted by Crippen LogP contribution is 2.27. The van der Waals surface area contributed by atoms with Crippen molar-refractivity contribution in [3.8, 4) is 5.75 Å². The molecule has 2 N–H and O–H groups in total. The summed E-state index contributed by atoms with van der Waals surface area (Å²) in [5.74, 6) is 0.201. The van der Waals surface area contributed by atoms with E-state index < -0.39 is 9.84 Å². The van der Waals surface area contributed by atoms with E-state index in [9.17, 15) is 13.2 Å². The second-order valence-electron chi connectivity index (χ2n) is 6.21. The van der Waals surface area contributed by atoms with Crippen LogP contribution in [0.2, 0.25) is 10.0 Å². The van der Waals surface area contributed by atoms with Crippen LogP contribution in [0.5, 0.6) is 5.75 Å². The molecule has 1 atom stereocenters. The summed E-state index contributed by atoms with van der Waals surface area (Å²) in [5.41, 5.74) is 6.20. The highest BCUT2D eigenvalue weighted by Gasteiger charge is 2.19. The molecule has 0 spiro atoms. The number of nitrogen functional groups attached to an aromatic ring is 1. The number of rotatable bonds is 6. The molecule has 146 valence electrons. The molecule has 0 aliphatic heterocycles. The van der Waals surface area contributed by atoms with E-state index >= 15 is 0 Å². The number of likely N-dealkylation sites (N-methyl/N-ethyl adjacent to an activating group) is 1. The monoisotopic (exact) mass is 430 g/mol. The summed E-state index contributed by atoms with van der Waals surface area (Å²) in [5, 5.41) is 0.807. The van der Waals surface area contributed by atoms with Crippen LogP contribution in [0.1, 0.15) is 17.3 Å². The maximum atomic E-state index is 12.6. The van der Waals surface area contributed by atoms with E-state index in [4.69, 9.17) is 33.7 Å². The van der Waals surface area contributed by atoms with Gasteiger partial charge in [0.05, 0.1) is 27.0 Å². The first kappa shape index (κ1) is 21.3. The minimum absolute atomic E-state index is 0.0653. The number of carbonyl (C=O) groups is 1. The second-order valence-corrected chi connectivity index (χ2v) is 9.04. The van der Waals surface area contributed by atoms with Crippen LogP contribution in [-0.4, -0.2) is 45.2 Å². The van der Waals surface area contributed by atoms with E-state index in [1.165, 1.54) is 23.1 Å². The van der Waals surface area contributed by atoms with Crippen molar-refractivity contribution in [1.29, 1.82) is 0 Å². The maximum absolute atomic E-state index is 12.6. The topological polar surface area (TPSA) is 89.7 Å². The zero-order valence-electron chi connectivity index (χ0n) is 15.1. The number of sulfone groups is 1. The van der Waals surface area contributed by atoms with E-state index in [-0.39, 0.29) is 34.7 Å². The summed E-state index contributed by atoms with van der Waals surface area (Å²) in [6.07, 6.45) is 0.755. The van der Waals surface area contributed by atoms with E-state index in [0.29, 0.717) is 15.8 Å². The normalized spacial score (nSPS) is 12.5. The molecule has 0 aromatic heterocycles. The smallest absolute Gasteiger partial charge is 0.255 e. The van der Waals surface area contributed by atoms with Gasteiger partial charge in [0, 0.05) is 25.1 Å². The molecule has 0 radical (unpaired) electrons. The van der Waals surface area contributed by atoms with E-state index in [0.717, 1.165) is 6.26 Å². The van der Waals surface area contributed by atoms with Gasteiger partial charge in [-0.25, -0.2) is 8.42 Å². The molecule has 1 unspecified atom stereocenters. The Kier molecular flexibility index (Phi) is 6.62. The van der Waals surface area contributed by atoms with Crippen LogP contribution in [0.25, 0.3) is 0 Å². The molecular weight excluding hydrogens is 411 g/mol. The Hall–Kier alpha value is -1.96. The van der Waals surface area contributed by atoms with Gasteiger partial charge in [-0.15, -0.1) is 0 Å². The standard InChI is InChI=1S/C18H20Cl2N2O4S/c1-11(26-12-4-7-15(19)16(20)8-12)10-22(2)18(23)14-6-5-13(9-17(14)21)27(3,24)25/h4-9,11H,10,21H2,1-3H3. The lowest BCUT2D eigenvalue weighted by Gasteiger charge is -2.23. The van der Waals surface area contributed by atoms with Crippen molar-refractivity contribution in [3.05, 3.63) is 52.0 Å². The lowest BCUT2D eigenvalue weighted by Crippen LogP contribution is -2.35. The summed E-state index contributed by atoms with van der Waals surface area (Å²) < 4.78 is 28.9. The molecule has 0 fully saturated rings. The van der Waals surface area contributed by atoms with Crippen molar-refractivity contribution >= 4 is 44.6 Å². The average molecular weight is 431 g/mol. The fourth-order valence-corrected chi connectivity index (χ4v) is 3.40. The van der Waals surface area contributed by atoms with Crippen LogP contribution in [0.3, 0.4) is 0 Å². The Morgan fingerprint density at radius 3 is 2.41 bits per heavy atom. The summed E-state index contributed by atoms with van der Waals surface area (Å²) in [6, 6.07) is 8.98. The largest absolute Gasteiger partial charge is 0.489 e. The van der Waals surface area contributed by atoms with Crippen LogP contribution >= 0.6 is 23.2 Å². The molecule has 1 amide bonds. The van der Waals surface area contributed by atoms with Gasteiger partial charge < -0.3 is 15.4 Å². The highest BCUT2D eigenvalue weighted by atomic mass is 35.5. The van der Waals surface area contributed by atoms with E-state index in [2.05, 4.69) is 0 Å². The third-order valence-electron chi connectivity index (χ3n) is 3.79. The van der Waals surface area contributed by atoms with Gasteiger partial charge in [0.25, 0.3) is 5.91 Å². The molecule has 9 heteroatoms. The van der Waals surface area contributed by atoms with Gasteiger partial charge in [0.1, 0.15) is 11.9 Å². The van der Waals surface area contributed by atoms with Crippen LogP contribution in [0.15, 0.2) is 41.3 Å². The second kappa shape index (κ2) is 8.37. The molecule has 2 aromatic rings. The van der Waals surface area contributed by atoms with Gasteiger partial charge in [-0.1, -0.05) is 23.2 Å². The summed E-state index contributed by atoms with van der Waals surface area (Å²) >= 11 is 11.8. The summed E-state index contributed by atoms with van der Waals surface area (Å²) in [6.45, 7) is 2.09. The van der Waals surface area contributed by atoms with Crippen molar-refractivity contribution < 1.29 is 17.9 Å². The van der Waals surface area contributed by atoms with Crippen molar-refractivity contribution in [2.75, 3.05) is 25.6 Å². The molecule has 2 rings (SSSR count). The van der Waals surface area contributed by atoms with E-state index in [1.807, 2.05) is 6.92 Å². The SMILES string of the molecule is CC(CN(C)C(=O)c1ccc(S(C)(=O)=O)cc1N)Oc1ccc(Cl)c(Cl)c1. The number of hydrogen-bond acceptors (Lipinski definition) is 5. The number of hydrogen-bond donors (Lipinski definition) is 1. The molecule has 0 heterocycles. The number of benzene rings is 2. The quantitative estimate of drug-likeness (QED) is 0.707. The first-order chi connectivity index (χ1) is 12.5. The Labute approximate surface area is 168 Å². The fraction of sp³-hybridized carbons (Fsp3) is 0.278. The lowest BCUT2D eigenvalue weighted by atomic mass is 10.1. The average Bonchev–Trinajstić information content (AvgIpc) is 2.56. The number of nitrogens with two attached hydrogens (primary N) is 1. The predicted molar refractivity (Wildman–Crippen MR) is 107 cm³/mol. The van der Waals surface area contributed by atoms with Crippen molar-refractivity contribution in [2.24, 2.45) is 0 Å². The zero-order valence-corrected chi connectivity index (χ0v) is 17.4. The number of nitrogens with zero attached hydrogens (tertiary/aromatic N) is 1. The van der Waals surface area contributed by atoms with Gasteiger partial charge in [0.2, 0.25) is 0 Å². The number of carbonyl (C=O) groups excluding carboxylic acids is 1. The lowest BCUT2D eigenvalue weighted by molar-refractivity contribution is 0.0728. The first-order valence-corrected chi connectivity index (χ1v) is 10.6. The minimum Gasteiger partial charge on any atom is -0.489 e. The van der Waals surface area contributed by atoms with Crippen LogP contribution in [0, 0.1) is 0 Å². The molecule has 0 bridgehead atoms. The molecule has 0 aliphatic carbocycles. The predicted octanol–water partition coefficient (Wildman–Crippen LogP) is 3.52. The Morgan fingerprint density at radius 2 is 1.85 bits per heavy atom. The Morgan fingerprint density at radius 1 is 1.19 bits per heavy atom. The van der Waals surface area contributed by atoms with Crippen LogP contribution < -0.4 is 10.5 Å². The van der Waals surface area contributed by atoms with Crippen molar-refractivity contribution in [1.82, 2.24) is 4.90 Å². The molecular formula is C18H20Cl2N2O4S. The van der Waals surface area contributed by atoms with Gasteiger partial charge in [-0.3, -0.25) is 4.79 Å². The van der Waals surface area contributed by atoms with Gasteiger partial charge in [-0.05, 0) is 37.3 Å². The number of anilines is 1.